The summed E-state index contributed by atoms with van der Waals surface area (Å²) >= 11 is 0. The van der Waals surface area contributed by atoms with Crippen LogP contribution in [0.1, 0.15) is 47.7 Å². The average Bonchev–Trinajstić information content (AvgIpc) is 2.54. The number of rotatable bonds is 4. The zero-order valence-electron chi connectivity index (χ0n) is 12.3. The predicted molar refractivity (Wildman–Crippen MR) is 84.3 cm³/mol. The molecule has 106 valence electrons. The number of hydrogen-bond donors (Lipinski definition) is 1. The molecule has 0 spiro atoms. The van der Waals surface area contributed by atoms with Crippen molar-refractivity contribution in [1.82, 2.24) is 0 Å². The van der Waals surface area contributed by atoms with Crippen LogP contribution in [0.25, 0.3) is 0 Å². The molecule has 1 unspecified atom stereocenters. The molecule has 0 saturated carbocycles. The molecule has 0 saturated heterocycles. The third-order valence-electron chi connectivity index (χ3n) is 3.61. The highest BCUT2D eigenvalue weighted by Crippen LogP contribution is 2.26. The lowest BCUT2D eigenvalue weighted by Crippen LogP contribution is -2.14. The lowest BCUT2D eigenvalue weighted by atomic mass is 9.96. The van der Waals surface area contributed by atoms with Gasteiger partial charge in [0.05, 0.1) is 11.6 Å². The Labute approximate surface area is 125 Å². The van der Waals surface area contributed by atoms with E-state index in [-0.39, 0.29) is 5.91 Å². The topological polar surface area (TPSA) is 52.9 Å². The van der Waals surface area contributed by atoms with Gasteiger partial charge in [-0.1, -0.05) is 38.1 Å². The fraction of sp³-hybridized carbons (Fsp3) is 0.222. The predicted octanol–water partition coefficient (Wildman–Crippen LogP) is 4.32. The summed E-state index contributed by atoms with van der Waals surface area (Å²) in [6.45, 7) is 4.26. The molecular formula is C18H18N2O. The zero-order chi connectivity index (χ0) is 15.2. The number of nitriles is 1. The highest BCUT2D eigenvalue weighted by Gasteiger charge is 2.12. The van der Waals surface area contributed by atoms with Gasteiger partial charge in [0.1, 0.15) is 0 Å². The number of amides is 1. The van der Waals surface area contributed by atoms with Crippen LogP contribution < -0.4 is 5.32 Å². The number of benzene rings is 2. The summed E-state index contributed by atoms with van der Waals surface area (Å²) in [5.41, 5.74) is 2.94. The molecule has 2 aromatic carbocycles. The van der Waals surface area contributed by atoms with Crippen molar-refractivity contribution in [3.8, 4) is 6.07 Å². The van der Waals surface area contributed by atoms with E-state index >= 15 is 0 Å². The van der Waals surface area contributed by atoms with Crippen LogP contribution in [0, 0.1) is 11.3 Å². The van der Waals surface area contributed by atoms with Crippen LogP contribution in [0.15, 0.2) is 48.5 Å². The standard InChI is InChI=1S/C18H18N2O/c1-3-13(2)16-9-4-5-10-17(16)20-18(21)15-8-6-7-14(11-15)12-19/h4-11,13H,3H2,1-2H3,(H,20,21). The first-order chi connectivity index (χ1) is 10.2. The van der Waals surface area contributed by atoms with Crippen LogP contribution >= 0.6 is 0 Å². The quantitative estimate of drug-likeness (QED) is 0.905. The lowest BCUT2D eigenvalue weighted by molar-refractivity contribution is 0.102. The van der Waals surface area contributed by atoms with E-state index in [1.54, 1.807) is 24.3 Å². The molecule has 0 radical (unpaired) electrons. The number of carbonyl (C=O) groups is 1. The van der Waals surface area contributed by atoms with Gasteiger partial charge in [0.15, 0.2) is 0 Å². The van der Waals surface area contributed by atoms with Gasteiger partial charge in [0.25, 0.3) is 5.91 Å². The Bertz CT molecular complexity index is 686. The van der Waals surface area contributed by atoms with E-state index < -0.39 is 0 Å². The van der Waals surface area contributed by atoms with Gasteiger partial charge < -0.3 is 5.32 Å². The number of hydrogen-bond acceptors (Lipinski definition) is 2. The lowest BCUT2D eigenvalue weighted by Gasteiger charge is -2.15. The van der Waals surface area contributed by atoms with Gasteiger partial charge in [-0.3, -0.25) is 4.79 Å². The van der Waals surface area contributed by atoms with Crippen molar-refractivity contribution < 1.29 is 4.79 Å². The molecule has 0 bridgehead atoms. The van der Waals surface area contributed by atoms with E-state index in [9.17, 15) is 4.79 Å². The highest BCUT2D eigenvalue weighted by molar-refractivity contribution is 6.04. The van der Waals surface area contributed by atoms with Gasteiger partial charge in [0, 0.05) is 11.3 Å². The Balaban J connectivity index is 2.26. The number of anilines is 1. The number of nitrogens with one attached hydrogen (secondary N) is 1. The molecule has 1 atom stereocenters. The van der Waals surface area contributed by atoms with E-state index in [0.29, 0.717) is 17.0 Å². The van der Waals surface area contributed by atoms with Gasteiger partial charge in [-0.05, 0) is 42.2 Å². The molecule has 0 aliphatic rings. The number of para-hydroxylation sites is 1. The van der Waals surface area contributed by atoms with Crippen LogP contribution in [0.2, 0.25) is 0 Å². The molecule has 0 aromatic heterocycles. The van der Waals surface area contributed by atoms with Crippen molar-refractivity contribution in [2.24, 2.45) is 0 Å². The van der Waals surface area contributed by atoms with Crippen molar-refractivity contribution in [3.63, 3.8) is 0 Å². The minimum atomic E-state index is -0.192. The third kappa shape index (κ3) is 3.49. The Morgan fingerprint density at radius 1 is 1.24 bits per heavy atom. The first-order valence-electron chi connectivity index (χ1n) is 7.06. The van der Waals surface area contributed by atoms with E-state index in [1.807, 2.05) is 30.3 Å². The van der Waals surface area contributed by atoms with E-state index in [0.717, 1.165) is 17.7 Å². The summed E-state index contributed by atoms with van der Waals surface area (Å²) in [6, 6.07) is 16.6. The first kappa shape index (κ1) is 14.8. The second-order valence-electron chi connectivity index (χ2n) is 5.04. The van der Waals surface area contributed by atoms with Gasteiger partial charge >= 0.3 is 0 Å². The fourth-order valence-electron chi connectivity index (χ4n) is 2.18. The van der Waals surface area contributed by atoms with Crippen LogP contribution in [0.5, 0.6) is 0 Å². The summed E-state index contributed by atoms with van der Waals surface area (Å²) in [5.74, 6) is 0.190. The Morgan fingerprint density at radius 3 is 2.71 bits per heavy atom. The SMILES string of the molecule is CCC(C)c1ccccc1NC(=O)c1cccc(C#N)c1. The molecule has 3 nitrogen and oxygen atoms in total. The molecule has 0 aliphatic heterocycles. The molecule has 0 fully saturated rings. The van der Waals surface area contributed by atoms with E-state index in [4.69, 9.17) is 5.26 Å². The van der Waals surface area contributed by atoms with Crippen molar-refractivity contribution in [1.29, 1.82) is 5.26 Å². The molecule has 0 aliphatic carbocycles. The monoisotopic (exact) mass is 278 g/mol. The smallest absolute Gasteiger partial charge is 0.255 e. The van der Waals surface area contributed by atoms with Gasteiger partial charge in [-0.2, -0.15) is 5.26 Å². The summed E-state index contributed by atoms with van der Waals surface area (Å²) in [4.78, 5) is 12.3. The fourth-order valence-corrected chi connectivity index (χ4v) is 2.18. The minimum Gasteiger partial charge on any atom is -0.322 e. The largest absolute Gasteiger partial charge is 0.322 e. The summed E-state index contributed by atoms with van der Waals surface area (Å²) in [5, 5.41) is 11.8. The van der Waals surface area contributed by atoms with Crippen LogP contribution in [0.3, 0.4) is 0 Å². The second kappa shape index (κ2) is 6.71. The third-order valence-corrected chi connectivity index (χ3v) is 3.61. The van der Waals surface area contributed by atoms with E-state index in [1.165, 1.54) is 0 Å². The second-order valence-corrected chi connectivity index (χ2v) is 5.04. The average molecular weight is 278 g/mol. The molecule has 21 heavy (non-hydrogen) atoms. The molecular weight excluding hydrogens is 260 g/mol. The minimum absolute atomic E-state index is 0.192. The van der Waals surface area contributed by atoms with Crippen molar-refractivity contribution in [2.75, 3.05) is 5.32 Å². The summed E-state index contributed by atoms with van der Waals surface area (Å²) in [6.07, 6.45) is 1.01. The van der Waals surface area contributed by atoms with Crippen molar-refractivity contribution >= 4 is 11.6 Å². The summed E-state index contributed by atoms with van der Waals surface area (Å²) < 4.78 is 0. The zero-order valence-corrected chi connectivity index (χ0v) is 12.3. The summed E-state index contributed by atoms with van der Waals surface area (Å²) in [7, 11) is 0. The van der Waals surface area contributed by atoms with Crippen molar-refractivity contribution in [3.05, 3.63) is 65.2 Å². The van der Waals surface area contributed by atoms with Crippen molar-refractivity contribution in [2.45, 2.75) is 26.2 Å². The highest BCUT2D eigenvalue weighted by atomic mass is 16.1. The van der Waals surface area contributed by atoms with Crippen LogP contribution in [-0.2, 0) is 0 Å². The maximum Gasteiger partial charge on any atom is 0.255 e. The molecule has 2 aromatic rings. The van der Waals surface area contributed by atoms with Crippen LogP contribution in [-0.4, -0.2) is 5.91 Å². The van der Waals surface area contributed by atoms with Gasteiger partial charge in [0.2, 0.25) is 0 Å². The Kier molecular flexibility index (Phi) is 4.73. The normalized spacial score (nSPS) is 11.5. The van der Waals surface area contributed by atoms with Gasteiger partial charge in [-0.25, -0.2) is 0 Å². The first-order valence-corrected chi connectivity index (χ1v) is 7.06. The Hall–Kier alpha value is -2.60. The number of nitrogens with zero attached hydrogens (tertiary/aromatic N) is 1. The molecule has 0 heterocycles. The molecule has 2 rings (SSSR count). The molecule has 1 amide bonds. The molecule has 1 N–H and O–H groups in total. The van der Waals surface area contributed by atoms with E-state index in [2.05, 4.69) is 19.2 Å². The van der Waals surface area contributed by atoms with Crippen LogP contribution in [0.4, 0.5) is 5.69 Å². The number of carbonyl (C=O) groups excluding carboxylic acids is 1. The maximum atomic E-state index is 12.3. The maximum absolute atomic E-state index is 12.3. The Morgan fingerprint density at radius 2 is 2.00 bits per heavy atom. The molecule has 3 heteroatoms. The van der Waals surface area contributed by atoms with Gasteiger partial charge in [-0.15, -0.1) is 0 Å².